The Hall–Kier alpha value is -0.220. The van der Waals surface area contributed by atoms with E-state index in [1.54, 1.807) is 0 Å². The smallest absolute Gasteiger partial charge is 0.320 e. The quantitative estimate of drug-likeness (QED) is 0.608. The predicted molar refractivity (Wildman–Crippen MR) is 38.6 cm³/mol. The molecule has 0 radical (unpaired) electrons. The highest BCUT2D eigenvalue weighted by Crippen LogP contribution is 1.97. The zero-order valence-electron chi connectivity index (χ0n) is 11.4. The van der Waals surface area contributed by atoms with Gasteiger partial charge in [-0.1, -0.05) is 0 Å². The van der Waals surface area contributed by atoms with E-state index in [1.807, 2.05) is 0 Å². The summed E-state index contributed by atoms with van der Waals surface area (Å²) in [4.78, 5) is 10.5. The highest BCUT2D eigenvalue weighted by atomic mass is 32.2. The molecule has 0 amide bonds. The van der Waals surface area contributed by atoms with Crippen LogP contribution in [0, 0.1) is 0 Å². The molecule has 0 unspecified atom stereocenters. The highest BCUT2D eigenvalue weighted by molar-refractivity contribution is 7.98. The SMILES string of the molecule is [2H]C([2H])([2H])SC([2H])([2H])C([2H])([2H])[C@@H](N)C(=O)O. The van der Waals surface area contributed by atoms with E-state index in [4.69, 9.17) is 20.4 Å². The van der Waals surface area contributed by atoms with Gasteiger partial charge in [0.15, 0.2) is 0 Å². The molecule has 0 rings (SSSR count). The Kier molecular flexibility index (Phi) is 1.25. The van der Waals surface area contributed by atoms with Crippen molar-refractivity contribution in [3.05, 3.63) is 0 Å². The molecule has 0 aromatic rings. The molecule has 3 N–H and O–H groups in total. The molecule has 0 heterocycles. The Morgan fingerprint density at radius 3 is 3.33 bits per heavy atom. The van der Waals surface area contributed by atoms with Gasteiger partial charge in [-0.15, -0.1) is 0 Å². The van der Waals surface area contributed by atoms with Crippen molar-refractivity contribution in [2.75, 3.05) is 11.9 Å². The first-order valence-corrected chi connectivity index (χ1v) is 2.81. The van der Waals surface area contributed by atoms with Crippen molar-refractivity contribution in [2.24, 2.45) is 5.73 Å². The van der Waals surface area contributed by atoms with Crippen molar-refractivity contribution >= 4 is 17.7 Å². The van der Waals surface area contributed by atoms with E-state index in [-0.39, 0.29) is 11.8 Å². The topological polar surface area (TPSA) is 63.3 Å². The third-order valence-electron chi connectivity index (χ3n) is 0.532. The number of aliphatic carboxylic acids is 1. The molecule has 0 aliphatic heterocycles. The number of hydrogen-bond donors (Lipinski definition) is 2. The van der Waals surface area contributed by atoms with Crippen molar-refractivity contribution in [3.8, 4) is 0 Å². The lowest BCUT2D eigenvalue weighted by atomic mass is 10.2. The predicted octanol–water partition coefficient (Wildman–Crippen LogP) is 0.151. The molecule has 9 heavy (non-hydrogen) atoms. The molecule has 0 aromatic carbocycles. The second kappa shape index (κ2) is 4.64. The van der Waals surface area contributed by atoms with Crippen LogP contribution in [-0.4, -0.2) is 29.0 Å². The van der Waals surface area contributed by atoms with E-state index in [0.717, 1.165) is 0 Å². The van der Waals surface area contributed by atoms with E-state index in [0.29, 0.717) is 0 Å². The average Bonchev–Trinajstić information content (AvgIpc) is 1.97. The second-order valence-electron chi connectivity index (χ2n) is 1.16. The van der Waals surface area contributed by atoms with E-state index >= 15 is 0 Å². The van der Waals surface area contributed by atoms with Gasteiger partial charge in [0.25, 0.3) is 0 Å². The molecule has 1 atom stereocenters. The van der Waals surface area contributed by atoms with Crippen LogP contribution in [0.5, 0.6) is 0 Å². The number of nitrogens with two attached hydrogens (primary N) is 1. The van der Waals surface area contributed by atoms with Gasteiger partial charge in [0, 0.05) is 9.60 Å². The third-order valence-corrected chi connectivity index (χ3v) is 0.751. The third kappa shape index (κ3) is 4.29. The van der Waals surface area contributed by atoms with Crippen molar-refractivity contribution in [1.29, 1.82) is 0 Å². The minimum atomic E-state index is -3.00. The maximum Gasteiger partial charge on any atom is 0.320 e. The van der Waals surface area contributed by atoms with Crippen molar-refractivity contribution < 1.29 is 19.5 Å². The summed E-state index contributed by atoms with van der Waals surface area (Å²) in [5, 5.41) is 8.50. The van der Waals surface area contributed by atoms with Crippen LogP contribution in [0.3, 0.4) is 0 Å². The summed E-state index contributed by atoms with van der Waals surface area (Å²) in [5.74, 6) is -1.74. The molecular formula is C5H11NO2S. The van der Waals surface area contributed by atoms with E-state index in [1.165, 1.54) is 0 Å². The maximum atomic E-state index is 10.5. The molecule has 0 fully saturated rings. The zero-order valence-corrected chi connectivity index (χ0v) is 5.23. The first-order chi connectivity index (χ1) is 6.81. The standard InChI is InChI=1S/C5H11NO2S/c1-9-3-2-4(6)5(7)8/h4H,2-3,6H2,1H3,(H,7,8)/t4-/m1/s1/i1D3,2D2,3D2. The van der Waals surface area contributed by atoms with E-state index in [9.17, 15) is 4.79 Å². The van der Waals surface area contributed by atoms with Crippen LogP contribution in [0.2, 0.25) is 0 Å². The van der Waals surface area contributed by atoms with Gasteiger partial charge in [0.2, 0.25) is 0 Å². The molecule has 4 heteroatoms. The minimum Gasteiger partial charge on any atom is -0.480 e. The highest BCUT2D eigenvalue weighted by Gasteiger charge is 2.08. The Labute approximate surface area is 68.5 Å². The molecule has 3 nitrogen and oxygen atoms in total. The number of carboxylic acid groups (broad SMARTS) is 1. The number of hydrogen-bond acceptors (Lipinski definition) is 3. The molecule has 0 saturated heterocycles. The number of carboxylic acids is 1. The maximum absolute atomic E-state index is 10.5. The van der Waals surface area contributed by atoms with Gasteiger partial charge in [-0.05, 0) is 18.3 Å². The molecule has 0 aliphatic carbocycles. The summed E-state index contributed by atoms with van der Waals surface area (Å²) in [5.41, 5.74) is 2.05. The van der Waals surface area contributed by atoms with Gasteiger partial charge in [-0.2, -0.15) is 11.8 Å². The summed E-state index contributed by atoms with van der Waals surface area (Å²) in [7, 11) is 0. The zero-order chi connectivity index (χ0) is 13.4. The first kappa shape index (κ1) is 2.43. The van der Waals surface area contributed by atoms with Crippen LogP contribution >= 0.6 is 11.8 Å². The molecule has 0 spiro atoms. The van der Waals surface area contributed by atoms with Gasteiger partial charge in [0.1, 0.15) is 6.04 Å². The minimum absolute atomic E-state index is 0.273. The Morgan fingerprint density at radius 1 is 2.22 bits per heavy atom. The monoisotopic (exact) mass is 156 g/mol. The molecule has 0 saturated carbocycles. The van der Waals surface area contributed by atoms with Crippen LogP contribution in [0.4, 0.5) is 0 Å². The summed E-state index contributed by atoms with van der Waals surface area (Å²) in [6.45, 7) is 0. The van der Waals surface area contributed by atoms with Crippen molar-refractivity contribution in [2.45, 2.75) is 12.4 Å². The fourth-order valence-electron chi connectivity index (χ4n) is 0.155. The van der Waals surface area contributed by atoms with Crippen LogP contribution in [-0.2, 0) is 4.79 Å². The summed E-state index contributed by atoms with van der Waals surface area (Å²) < 4.78 is 49.5. The van der Waals surface area contributed by atoms with Crippen LogP contribution in [0.25, 0.3) is 0 Å². The lowest BCUT2D eigenvalue weighted by Gasteiger charge is -2.02. The fraction of sp³-hybridized carbons (Fsp3) is 0.800. The van der Waals surface area contributed by atoms with Gasteiger partial charge in [-0.3, -0.25) is 4.79 Å². The Balaban J connectivity index is 5.05. The largest absolute Gasteiger partial charge is 0.480 e. The molecule has 0 aliphatic rings. The lowest BCUT2D eigenvalue weighted by molar-refractivity contribution is -0.138. The average molecular weight is 156 g/mol. The van der Waals surface area contributed by atoms with E-state index in [2.05, 4.69) is 0 Å². The Morgan fingerprint density at radius 2 is 2.89 bits per heavy atom. The van der Waals surface area contributed by atoms with Crippen molar-refractivity contribution in [1.82, 2.24) is 0 Å². The van der Waals surface area contributed by atoms with Gasteiger partial charge in [0.05, 0.1) is 0 Å². The molecule has 54 valence electrons. The van der Waals surface area contributed by atoms with E-state index < -0.39 is 30.3 Å². The molecule has 0 aromatic heterocycles. The van der Waals surface area contributed by atoms with Crippen LogP contribution in [0.1, 0.15) is 16.0 Å². The lowest BCUT2D eigenvalue weighted by Crippen LogP contribution is -2.30. The summed E-state index contributed by atoms with van der Waals surface area (Å²) in [6, 6.07) is -2.14. The van der Waals surface area contributed by atoms with Crippen LogP contribution in [0.15, 0.2) is 0 Å². The van der Waals surface area contributed by atoms with Crippen molar-refractivity contribution in [3.63, 3.8) is 0 Å². The Bertz CT molecular complexity index is 278. The second-order valence-corrected chi connectivity index (χ2v) is 1.57. The normalized spacial score (nSPS) is 29.2. The number of thioether (sulfide) groups is 1. The number of carbonyl (C=O) groups is 1. The van der Waals surface area contributed by atoms with Gasteiger partial charge in [-0.25, -0.2) is 0 Å². The summed E-state index contributed by atoms with van der Waals surface area (Å²) in [6.07, 6.45) is -5.78. The van der Waals surface area contributed by atoms with Gasteiger partial charge < -0.3 is 10.8 Å². The summed E-state index contributed by atoms with van der Waals surface area (Å²) >= 11 is -0.273. The first-order valence-electron chi connectivity index (χ1n) is 5.50. The molecular weight excluding hydrogens is 138 g/mol. The molecule has 0 bridgehead atoms. The van der Waals surface area contributed by atoms with Gasteiger partial charge >= 0.3 is 5.97 Å². The van der Waals surface area contributed by atoms with Crippen LogP contribution < -0.4 is 5.73 Å². The fourth-order valence-corrected chi connectivity index (χ4v) is 0.341. The number of rotatable bonds is 4.